The highest BCUT2D eigenvalue weighted by molar-refractivity contribution is 5.94. The summed E-state index contributed by atoms with van der Waals surface area (Å²) in [6, 6.07) is 5.61. The molecule has 0 spiro atoms. The van der Waals surface area contributed by atoms with Gasteiger partial charge in [-0.2, -0.15) is 13.2 Å². The summed E-state index contributed by atoms with van der Waals surface area (Å²) < 4.78 is 45.3. The second kappa shape index (κ2) is 5.84. The van der Waals surface area contributed by atoms with Gasteiger partial charge >= 0.3 is 12.1 Å². The number of carbonyl (C=O) groups is 1. The quantitative estimate of drug-likeness (QED) is 0.885. The van der Waals surface area contributed by atoms with Crippen molar-refractivity contribution in [1.82, 2.24) is 4.98 Å². The molecule has 2 aliphatic rings. The minimum absolute atomic E-state index is 0.118. The number of hydrogen-bond acceptors (Lipinski definition) is 4. The molecular formula is C18H17F3N2O3. The number of hydrogen-bond donors (Lipinski definition) is 1. The number of carboxylic acid groups (broad SMARTS) is 1. The molecule has 2 fully saturated rings. The van der Waals surface area contributed by atoms with E-state index in [-0.39, 0.29) is 18.0 Å². The first-order valence-corrected chi connectivity index (χ1v) is 8.34. The highest BCUT2D eigenvalue weighted by Crippen LogP contribution is 2.45. The molecule has 0 saturated carbocycles. The van der Waals surface area contributed by atoms with Gasteiger partial charge in [-0.25, -0.2) is 0 Å². The Morgan fingerprint density at radius 3 is 2.85 bits per heavy atom. The summed E-state index contributed by atoms with van der Waals surface area (Å²) in [7, 11) is 0. The standard InChI is InChI=1S/C18H17F3N2O3/c19-18(20,21)13-3-1-2-12-14(4-6-22-15(12)13)23-8-11-9-26-7-5-17(11,10-23)16(24)25/h1-4,6,11H,5,7-10H2,(H,24,25)/t11-,17+/m1/s1. The summed E-state index contributed by atoms with van der Waals surface area (Å²) >= 11 is 0. The molecule has 1 aromatic carbocycles. The van der Waals surface area contributed by atoms with Crippen LogP contribution in [0.4, 0.5) is 18.9 Å². The second-order valence-electron chi connectivity index (χ2n) is 6.89. The van der Waals surface area contributed by atoms with E-state index in [2.05, 4.69) is 4.98 Å². The molecule has 0 amide bonds. The number of anilines is 1. The Hall–Kier alpha value is -2.35. The number of fused-ring (bicyclic) bond motifs is 2. The third-order valence-electron chi connectivity index (χ3n) is 5.53. The van der Waals surface area contributed by atoms with Crippen LogP contribution < -0.4 is 4.90 Å². The van der Waals surface area contributed by atoms with Crippen molar-refractivity contribution in [1.29, 1.82) is 0 Å². The molecule has 0 aliphatic carbocycles. The maximum atomic E-state index is 13.3. The minimum atomic E-state index is -4.50. The van der Waals surface area contributed by atoms with Crippen LogP contribution in [0.1, 0.15) is 12.0 Å². The molecule has 138 valence electrons. The van der Waals surface area contributed by atoms with Gasteiger partial charge in [0.1, 0.15) is 0 Å². The van der Waals surface area contributed by atoms with E-state index in [4.69, 9.17) is 4.74 Å². The van der Waals surface area contributed by atoms with Crippen LogP contribution >= 0.6 is 0 Å². The zero-order chi connectivity index (χ0) is 18.5. The summed E-state index contributed by atoms with van der Waals surface area (Å²) in [5.74, 6) is -1.06. The number of ether oxygens (including phenoxy) is 1. The predicted octanol–water partition coefficient (Wildman–Crippen LogP) is 3.18. The van der Waals surface area contributed by atoms with Gasteiger partial charge < -0.3 is 14.7 Å². The lowest BCUT2D eigenvalue weighted by Gasteiger charge is -2.34. The van der Waals surface area contributed by atoms with Crippen molar-refractivity contribution in [3.63, 3.8) is 0 Å². The molecule has 2 aliphatic heterocycles. The molecule has 2 saturated heterocycles. The summed E-state index contributed by atoms with van der Waals surface area (Å²) in [6.45, 7) is 1.42. The number of aromatic nitrogens is 1. The van der Waals surface area contributed by atoms with Crippen molar-refractivity contribution in [2.45, 2.75) is 12.6 Å². The van der Waals surface area contributed by atoms with E-state index in [1.807, 2.05) is 4.90 Å². The van der Waals surface area contributed by atoms with Crippen molar-refractivity contribution >= 4 is 22.6 Å². The normalized spacial score (nSPS) is 26.1. The molecule has 5 nitrogen and oxygen atoms in total. The van der Waals surface area contributed by atoms with E-state index < -0.39 is 23.1 Å². The largest absolute Gasteiger partial charge is 0.481 e. The summed E-state index contributed by atoms with van der Waals surface area (Å²) in [5.41, 5.74) is -1.25. The first-order valence-electron chi connectivity index (χ1n) is 8.34. The van der Waals surface area contributed by atoms with E-state index in [9.17, 15) is 23.1 Å². The van der Waals surface area contributed by atoms with Crippen molar-refractivity contribution in [2.75, 3.05) is 31.2 Å². The minimum Gasteiger partial charge on any atom is -0.481 e. The van der Waals surface area contributed by atoms with Crippen LogP contribution in [0, 0.1) is 11.3 Å². The first kappa shape index (κ1) is 17.1. The molecule has 1 N–H and O–H groups in total. The van der Waals surface area contributed by atoms with Gasteiger partial charge in [0, 0.05) is 42.9 Å². The molecule has 4 rings (SSSR count). The average Bonchev–Trinajstić information content (AvgIpc) is 3.00. The number of benzene rings is 1. The number of nitrogens with zero attached hydrogens (tertiary/aromatic N) is 2. The lowest BCUT2D eigenvalue weighted by molar-refractivity contribution is -0.157. The van der Waals surface area contributed by atoms with Crippen LogP contribution in [-0.2, 0) is 15.7 Å². The molecule has 2 aromatic rings. The van der Waals surface area contributed by atoms with Gasteiger partial charge in [-0.15, -0.1) is 0 Å². The predicted molar refractivity (Wildman–Crippen MR) is 88.0 cm³/mol. The highest BCUT2D eigenvalue weighted by Gasteiger charge is 2.54. The van der Waals surface area contributed by atoms with Gasteiger partial charge in [0.2, 0.25) is 0 Å². The fourth-order valence-electron chi connectivity index (χ4n) is 4.15. The third-order valence-corrected chi connectivity index (χ3v) is 5.53. The number of rotatable bonds is 2. The smallest absolute Gasteiger partial charge is 0.418 e. The Labute approximate surface area is 147 Å². The zero-order valence-electron chi connectivity index (χ0n) is 13.8. The molecule has 0 unspecified atom stereocenters. The van der Waals surface area contributed by atoms with Gasteiger partial charge in [-0.1, -0.05) is 12.1 Å². The SMILES string of the molecule is O=C(O)[C@]12CCOC[C@H]1CN(c1ccnc3c(C(F)(F)F)cccc13)C2. The monoisotopic (exact) mass is 366 g/mol. The van der Waals surface area contributed by atoms with E-state index in [1.54, 1.807) is 12.1 Å². The third kappa shape index (κ3) is 2.51. The van der Waals surface area contributed by atoms with Crippen LogP contribution in [0.2, 0.25) is 0 Å². The zero-order valence-corrected chi connectivity index (χ0v) is 13.8. The number of alkyl halides is 3. The number of aliphatic carboxylic acids is 1. The van der Waals surface area contributed by atoms with Crippen molar-refractivity contribution in [2.24, 2.45) is 11.3 Å². The lowest BCUT2D eigenvalue weighted by Crippen LogP contribution is -2.44. The van der Waals surface area contributed by atoms with E-state index in [0.717, 1.165) is 6.07 Å². The maximum Gasteiger partial charge on any atom is 0.418 e. The van der Waals surface area contributed by atoms with Crippen molar-refractivity contribution < 1.29 is 27.8 Å². The van der Waals surface area contributed by atoms with Gasteiger partial charge in [-0.3, -0.25) is 9.78 Å². The maximum absolute atomic E-state index is 13.3. The highest BCUT2D eigenvalue weighted by atomic mass is 19.4. The van der Waals surface area contributed by atoms with Crippen LogP contribution in [0.5, 0.6) is 0 Å². The van der Waals surface area contributed by atoms with Crippen LogP contribution in [-0.4, -0.2) is 42.4 Å². The summed E-state index contributed by atoms with van der Waals surface area (Å²) in [6.07, 6.45) is -2.75. The van der Waals surface area contributed by atoms with E-state index in [0.29, 0.717) is 37.3 Å². The van der Waals surface area contributed by atoms with E-state index >= 15 is 0 Å². The number of pyridine rings is 1. The van der Waals surface area contributed by atoms with Crippen molar-refractivity contribution in [3.05, 3.63) is 36.0 Å². The van der Waals surface area contributed by atoms with Crippen LogP contribution in [0.3, 0.4) is 0 Å². The first-order chi connectivity index (χ1) is 12.3. The van der Waals surface area contributed by atoms with Gasteiger partial charge in [0.15, 0.2) is 0 Å². The Morgan fingerprint density at radius 1 is 1.35 bits per heavy atom. The topological polar surface area (TPSA) is 62.7 Å². The number of para-hydroxylation sites is 1. The molecule has 3 heterocycles. The second-order valence-corrected chi connectivity index (χ2v) is 6.89. The molecular weight excluding hydrogens is 349 g/mol. The molecule has 2 atom stereocenters. The molecule has 0 radical (unpaired) electrons. The molecule has 26 heavy (non-hydrogen) atoms. The molecule has 1 aromatic heterocycles. The van der Waals surface area contributed by atoms with E-state index in [1.165, 1.54) is 12.3 Å². The Morgan fingerprint density at radius 2 is 2.15 bits per heavy atom. The summed E-state index contributed by atoms with van der Waals surface area (Å²) in [5, 5.41) is 10.2. The Kier molecular flexibility index (Phi) is 3.83. The molecule has 0 bridgehead atoms. The number of halogens is 3. The van der Waals surface area contributed by atoms with Crippen LogP contribution in [0.25, 0.3) is 10.9 Å². The Bertz CT molecular complexity index is 870. The average molecular weight is 366 g/mol. The number of carboxylic acids is 1. The van der Waals surface area contributed by atoms with Gasteiger partial charge in [-0.05, 0) is 18.6 Å². The van der Waals surface area contributed by atoms with Crippen LogP contribution in [0.15, 0.2) is 30.5 Å². The fraction of sp³-hybridized carbons (Fsp3) is 0.444. The van der Waals surface area contributed by atoms with Gasteiger partial charge in [0.05, 0.1) is 23.1 Å². The molecule has 8 heteroatoms. The van der Waals surface area contributed by atoms with Crippen molar-refractivity contribution in [3.8, 4) is 0 Å². The Balaban J connectivity index is 1.80. The fourth-order valence-corrected chi connectivity index (χ4v) is 4.15. The van der Waals surface area contributed by atoms with Gasteiger partial charge in [0.25, 0.3) is 0 Å². The summed E-state index contributed by atoms with van der Waals surface area (Å²) in [4.78, 5) is 17.7. The lowest BCUT2D eigenvalue weighted by atomic mass is 9.74.